The lowest BCUT2D eigenvalue weighted by Gasteiger charge is -2.31. The Kier molecular flexibility index (Phi) is 9.17. The highest BCUT2D eigenvalue weighted by molar-refractivity contribution is 14.0. The first kappa shape index (κ1) is 22.0. The first-order valence-corrected chi connectivity index (χ1v) is 8.28. The van der Waals surface area contributed by atoms with Gasteiger partial charge in [-0.3, -0.25) is 14.6 Å². The van der Waals surface area contributed by atoms with Gasteiger partial charge in [0.15, 0.2) is 5.96 Å². The van der Waals surface area contributed by atoms with Crippen LogP contribution in [0.25, 0.3) is 0 Å². The monoisotopic (exact) mass is 475 g/mol. The van der Waals surface area contributed by atoms with Gasteiger partial charge in [0, 0.05) is 51.8 Å². The molecule has 1 aromatic carbocycles. The number of amides is 2. The van der Waals surface area contributed by atoms with E-state index >= 15 is 0 Å². The van der Waals surface area contributed by atoms with Gasteiger partial charge in [-0.05, 0) is 30.7 Å². The normalized spacial score (nSPS) is 17.3. The highest BCUT2D eigenvalue weighted by Gasteiger charge is 2.23. The molecular weight excluding hydrogens is 449 g/mol. The molecule has 2 rings (SSSR count). The molecule has 0 aromatic heterocycles. The number of carbonyl (C=O) groups excluding carboxylic acids is 2. The van der Waals surface area contributed by atoms with Gasteiger partial charge in [0.2, 0.25) is 5.91 Å². The number of hydrogen-bond acceptors (Lipinski definition) is 4. The highest BCUT2D eigenvalue weighted by Crippen LogP contribution is 2.10. The Labute approximate surface area is 170 Å². The van der Waals surface area contributed by atoms with Gasteiger partial charge in [-0.25, -0.2) is 0 Å². The Morgan fingerprint density at radius 2 is 1.92 bits per heavy atom. The number of guanidine groups is 1. The Morgan fingerprint density at radius 1 is 1.27 bits per heavy atom. The lowest BCUT2D eigenvalue weighted by atomic mass is 10.1. The molecule has 0 aliphatic carbocycles. The molecule has 1 fully saturated rings. The van der Waals surface area contributed by atoms with Crippen LogP contribution in [-0.2, 0) is 4.79 Å². The number of likely N-dealkylation sites (N-methyl/N-ethyl adjacent to an activating group) is 1. The number of benzene rings is 1. The summed E-state index contributed by atoms with van der Waals surface area (Å²) in [6, 6.07) is 6.26. The van der Waals surface area contributed by atoms with Crippen LogP contribution in [0.4, 0.5) is 0 Å². The maximum atomic E-state index is 12.0. The van der Waals surface area contributed by atoms with Crippen molar-refractivity contribution in [2.45, 2.75) is 18.9 Å². The summed E-state index contributed by atoms with van der Waals surface area (Å²) in [5.41, 5.74) is 0.496. The summed E-state index contributed by atoms with van der Waals surface area (Å²) in [6.07, 6.45) is 1.31. The summed E-state index contributed by atoms with van der Waals surface area (Å²) in [5.74, 6) is 0.741. The third kappa shape index (κ3) is 6.70. The summed E-state index contributed by atoms with van der Waals surface area (Å²) >= 11 is 0. The summed E-state index contributed by atoms with van der Waals surface area (Å²) in [5, 5.41) is 18.4. The number of rotatable bonds is 5. The number of phenols is 1. The summed E-state index contributed by atoms with van der Waals surface area (Å²) in [7, 11) is 3.48. The Bertz CT molecular complexity index is 636. The lowest BCUT2D eigenvalue weighted by molar-refractivity contribution is -0.132. The van der Waals surface area contributed by atoms with Crippen LogP contribution in [0.5, 0.6) is 5.75 Å². The second kappa shape index (κ2) is 10.8. The molecule has 0 saturated carbocycles. The average molecular weight is 475 g/mol. The van der Waals surface area contributed by atoms with Gasteiger partial charge in [-0.15, -0.1) is 24.0 Å². The molecule has 0 bridgehead atoms. The smallest absolute Gasteiger partial charge is 0.251 e. The van der Waals surface area contributed by atoms with Gasteiger partial charge in [-0.1, -0.05) is 0 Å². The van der Waals surface area contributed by atoms with E-state index < -0.39 is 0 Å². The van der Waals surface area contributed by atoms with Crippen molar-refractivity contribution >= 4 is 41.8 Å². The average Bonchev–Trinajstić information content (AvgIpc) is 2.61. The van der Waals surface area contributed by atoms with Crippen LogP contribution in [-0.4, -0.2) is 67.6 Å². The van der Waals surface area contributed by atoms with E-state index in [1.165, 1.54) is 12.1 Å². The predicted octanol–water partition coefficient (Wildman–Crippen LogP) is 0.526. The maximum absolute atomic E-state index is 12.0. The van der Waals surface area contributed by atoms with Crippen LogP contribution in [0.3, 0.4) is 0 Å². The molecule has 1 unspecified atom stereocenters. The largest absolute Gasteiger partial charge is 0.508 e. The van der Waals surface area contributed by atoms with Crippen molar-refractivity contribution in [1.29, 1.82) is 0 Å². The van der Waals surface area contributed by atoms with Crippen LogP contribution in [0, 0.1) is 0 Å². The van der Waals surface area contributed by atoms with Crippen molar-refractivity contribution in [3.05, 3.63) is 29.8 Å². The number of phenolic OH excluding ortho intramolecular Hbond substituents is 1. The van der Waals surface area contributed by atoms with Gasteiger partial charge in [0.1, 0.15) is 5.75 Å². The summed E-state index contributed by atoms with van der Waals surface area (Å²) in [6.45, 7) is 1.60. The molecule has 1 saturated heterocycles. The van der Waals surface area contributed by atoms with Crippen LogP contribution >= 0.6 is 24.0 Å². The molecule has 1 atom stereocenters. The topological polar surface area (TPSA) is 106 Å². The molecule has 1 heterocycles. The number of nitrogens with zero attached hydrogens (tertiary/aromatic N) is 2. The molecule has 144 valence electrons. The Balaban J connectivity index is 0.00000338. The molecular formula is C17H26IN5O3. The van der Waals surface area contributed by atoms with Crippen LogP contribution in [0.15, 0.2) is 29.3 Å². The lowest BCUT2D eigenvalue weighted by Crippen LogP contribution is -2.52. The second-order valence-corrected chi connectivity index (χ2v) is 5.96. The Hall–Kier alpha value is -2.04. The van der Waals surface area contributed by atoms with Gasteiger partial charge in [0.05, 0.1) is 0 Å². The van der Waals surface area contributed by atoms with E-state index in [2.05, 4.69) is 20.9 Å². The Morgan fingerprint density at radius 3 is 2.54 bits per heavy atom. The van der Waals surface area contributed by atoms with Crippen molar-refractivity contribution in [3.8, 4) is 5.75 Å². The van der Waals surface area contributed by atoms with E-state index in [4.69, 9.17) is 0 Å². The fourth-order valence-corrected chi connectivity index (χ4v) is 2.59. The second-order valence-electron chi connectivity index (χ2n) is 5.96. The van der Waals surface area contributed by atoms with E-state index in [-0.39, 0.29) is 47.6 Å². The minimum Gasteiger partial charge on any atom is -0.508 e. The van der Waals surface area contributed by atoms with E-state index in [0.717, 1.165) is 6.42 Å². The van der Waals surface area contributed by atoms with Crippen LogP contribution in [0.1, 0.15) is 23.2 Å². The maximum Gasteiger partial charge on any atom is 0.251 e. The van der Waals surface area contributed by atoms with E-state index in [0.29, 0.717) is 37.6 Å². The molecule has 0 spiro atoms. The molecule has 1 aliphatic rings. The SMILES string of the molecule is CN=C(NCCNC(=O)c1ccc(O)cc1)NC1CCC(=O)N(C)C1.I. The number of aliphatic imine (C=N–C) groups is 1. The number of aromatic hydroxyl groups is 1. The van der Waals surface area contributed by atoms with Crippen molar-refractivity contribution in [2.75, 3.05) is 33.7 Å². The molecule has 1 aromatic rings. The third-order valence-corrected chi connectivity index (χ3v) is 4.02. The molecule has 1 aliphatic heterocycles. The van der Waals surface area contributed by atoms with Crippen molar-refractivity contribution in [1.82, 2.24) is 20.9 Å². The first-order chi connectivity index (χ1) is 12.0. The number of likely N-dealkylation sites (tertiary alicyclic amines) is 1. The first-order valence-electron chi connectivity index (χ1n) is 8.28. The quantitative estimate of drug-likeness (QED) is 0.215. The van der Waals surface area contributed by atoms with E-state index in [1.54, 1.807) is 31.1 Å². The predicted molar refractivity (Wildman–Crippen MR) is 111 cm³/mol. The molecule has 0 radical (unpaired) electrons. The fourth-order valence-electron chi connectivity index (χ4n) is 2.59. The fraction of sp³-hybridized carbons (Fsp3) is 0.471. The van der Waals surface area contributed by atoms with Crippen molar-refractivity contribution in [3.63, 3.8) is 0 Å². The van der Waals surface area contributed by atoms with E-state index in [9.17, 15) is 14.7 Å². The number of nitrogens with one attached hydrogen (secondary N) is 3. The van der Waals surface area contributed by atoms with Gasteiger partial charge in [0.25, 0.3) is 5.91 Å². The minimum atomic E-state index is -0.197. The number of halogens is 1. The van der Waals surface area contributed by atoms with Crippen LogP contribution < -0.4 is 16.0 Å². The number of hydrogen-bond donors (Lipinski definition) is 4. The minimum absolute atomic E-state index is 0. The summed E-state index contributed by atoms with van der Waals surface area (Å²) in [4.78, 5) is 29.3. The standard InChI is InChI=1S/C17H25N5O3.HI/c1-18-17(21-13-5-8-15(24)22(2)11-13)20-10-9-19-16(25)12-3-6-14(23)7-4-12;/h3-4,6-7,13,23H,5,8-11H2,1-2H3,(H,19,25)(H2,18,20,21);1H. The third-order valence-electron chi connectivity index (χ3n) is 4.02. The summed E-state index contributed by atoms with van der Waals surface area (Å²) < 4.78 is 0. The molecule has 9 heteroatoms. The molecule has 2 amide bonds. The van der Waals surface area contributed by atoms with Crippen molar-refractivity contribution < 1.29 is 14.7 Å². The van der Waals surface area contributed by atoms with Gasteiger partial charge < -0.3 is 26.0 Å². The molecule has 8 nitrogen and oxygen atoms in total. The van der Waals surface area contributed by atoms with Gasteiger partial charge in [-0.2, -0.15) is 0 Å². The van der Waals surface area contributed by atoms with Crippen molar-refractivity contribution in [2.24, 2.45) is 4.99 Å². The molecule has 26 heavy (non-hydrogen) atoms. The van der Waals surface area contributed by atoms with Crippen LogP contribution in [0.2, 0.25) is 0 Å². The number of carbonyl (C=O) groups is 2. The van der Waals surface area contributed by atoms with Gasteiger partial charge >= 0.3 is 0 Å². The van der Waals surface area contributed by atoms with E-state index in [1.807, 2.05) is 0 Å². The molecule has 4 N–H and O–H groups in total. The zero-order valence-electron chi connectivity index (χ0n) is 15.0. The zero-order chi connectivity index (χ0) is 18.2. The highest BCUT2D eigenvalue weighted by atomic mass is 127. The number of piperidine rings is 1. The zero-order valence-corrected chi connectivity index (χ0v) is 17.3.